The molecule has 0 aromatic heterocycles. The Hall–Kier alpha value is -4.49. The Morgan fingerprint density at radius 3 is 2.07 bits per heavy atom. The summed E-state index contributed by atoms with van der Waals surface area (Å²) in [5.41, 5.74) is 3.56. The summed E-state index contributed by atoms with van der Waals surface area (Å²) in [6.45, 7) is 1.92. The normalized spacial score (nSPS) is 23.0. The molecule has 0 bridgehead atoms. The molecule has 1 saturated carbocycles. The second-order valence-electron chi connectivity index (χ2n) is 10.8. The van der Waals surface area contributed by atoms with E-state index in [1.165, 1.54) is 0 Å². The van der Waals surface area contributed by atoms with Crippen molar-refractivity contribution in [1.29, 1.82) is 0 Å². The summed E-state index contributed by atoms with van der Waals surface area (Å²) in [5.74, 6) is 0.658. The Kier molecular flexibility index (Phi) is 6.12. The molecule has 6 nitrogen and oxygen atoms in total. The first kappa shape index (κ1) is 25.5. The van der Waals surface area contributed by atoms with Gasteiger partial charge in [0.25, 0.3) is 10.0 Å². The van der Waals surface area contributed by atoms with Gasteiger partial charge >= 0.3 is 0 Å². The van der Waals surface area contributed by atoms with E-state index in [-0.39, 0.29) is 16.7 Å². The van der Waals surface area contributed by atoms with Crippen molar-refractivity contribution in [1.82, 2.24) is 0 Å². The van der Waals surface area contributed by atoms with Crippen molar-refractivity contribution in [2.45, 2.75) is 36.1 Å². The van der Waals surface area contributed by atoms with Crippen molar-refractivity contribution in [3.63, 3.8) is 0 Å². The molecule has 0 amide bonds. The van der Waals surface area contributed by atoms with Crippen molar-refractivity contribution < 1.29 is 13.2 Å². The van der Waals surface area contributed by atoms with E-state index < -0.39 is 15.6 Å². The fourth-order valence-electron chi connectivity index (χ4n) is 5.76. The first-order valence-corrected chi connectivity index (χ1v) is 15.3. The fraction of sp³-hybridized carbons (Fsp3) is 0.176. The second-order valence-corrected chi connectivity index (χ2v) is 12.4. The van der Waals surface area contributed by atoms with Gasteiger partial charge in [-0.1, -0.05) is 96.6 Å². The predicted molar refractivity (Wildman–Crippen MR) is 162 cm³/mol. The number of ether oxygens (including phenoxy) is 1. The molecule has 4 aromatic rings. The topological polar surface area (TPSA) is 71.3 Å². The highest BCUT2D eigenvalue weighted by molar-refractivity contribution is 7.90. The largest absolute Gasteiger partial charge is 0.439 e. The van der Waals surface area contributed by atoms with Crippen LogP contribution in [0.4, 0.5) is 5.69 Å². The Morgan fingerprint density at radius 1 is 0.829 bits per heavy atom. The SMILES string of the molecule is Cc1ccc(S(=O)(=O)N=C2OC(c3ccccc3)=CC23C(c2ccccc2)C(C2CC2)=NN3c2ccccc2)cc1. The quantitative estimate of drug-likeness (QED) is 0.256. The van der Waals surface area contributed by atoms with E-state index >= 15 is 0 Å². The predicted octanol–water partition coefficient (Wildman–Crippen LogP) is 6.96. The van der Waals surface area contributed by atoms with E-state index in [1.807, 2.05) is 96.9 Å². The molecule has 2 aliphatic heterocycles. The number of nitrogens with zero attached hydrogens (tertiary/aromatic N) is 3. The van der Waals surface area contributed by atoms with Crippen LogP contribution in [-0.2, 0) is 14.8 Å². The summed E-state index contributed by atoms with van der Waals surface area (Å²) in [4.78, 5) is 0.117. The molecule has 7 heteroatoms. The van der Waals surface area contributed by atoms with E-state index in [0.717, 1.165) is 40.9 Å². The zero-order valence-electron chi connectivity index (χ0n) is 22.6. The molecule has 0 saturated heterocycles. The molecule has 1 fully saturated rings. The molecule has 3 aliphatic rings. The number of hydrogen-bond donors (Lipinski definition) is 0. The molecule has 2 atom stereocenters. The van der Waals surface area contributed by atoms with Crippen molar-refractivity contribution in [2.75, 3.05) is 5.01 Å². The van der Waals surface area contributed by atoms with E-state index in [4.69, 9.17) is 9.84 Å². The third-order valence-corrected chi connectivity index (χ3v) is 9.19. The molecule has 204 valence electrons. The minimum absolute atomic E-state index is 0.0917. The lowest BCUT2D eigenvalue weighted by Gasteiger charge is -2.36. The summed E-state index contributed by atoms with van der Waals surface area (Å²) in [6.07, 6.45) is 4.12. The Morgan fingerprint density at radius 2 is 1.44 bits per heavy atom. The maximum absolute atomic E-state index is 13.9. The number of aryl methyl sites for hydroxylation is 1. The average molecular weight is 560 g/mol. The number of sulfonamides is 1. The van der Waals surface area contributed by atoms with Gasteiger partial charge in [0.05, 0.1) is 22.2 Å². The standard InChI is InChI=1S/C34H29N3O3S/c1-24-17-21-29(22-18-24)41(38,39)36-33-34(23-30(40-33)25-11-5-2-6-12-25)31(26-13-7-3-8-14-26)32(27-19-20-27)35-37(34)28-15-9-4-10-16-28/h2-18,21-23,27,31H,19-20H2,1H3. The van der Waals surface area contributed by atoms with Crippen LogP contribution < -0.4 is 5.01 Å². The molecule has 4 aromatic carbocycles. The van der Waals surface area contributed by atoms with Crippen LogP contribution in [-0.4, -0.2) is 25.6 Å². The van der Waals surface area contributed by atoms with Gasteiger partial charge in [-0.3, -0.25) is 0 Å². The first-order valence-electron chi connectivity index (χ1n) is 13.8. The minimum atomic E-state index is -4.11. The second kappa shape index (κ2) is 9.85. The van der Waals surface area contributed by atoms with Crippen LogP contribution in [0.1, 0.15) is 35.4 Å². The van der Waals surface area contributed by atoms with E-state index in [9.17, 15) is 8.42 Å². The van der Waals surface area contributed by atoms with E-state index in [1.54, 1.807) is 24.3 Å². The van der Waals surface area contributed by atoms with Gasteiger partial charge in [-0.2, -0.15) is 13.5 Å². The smallest absolute Gasteiger partial charge is 0.285 e. The molecule has 41 heavy (non-hydrogen) atoms. The van der Waals surface area contributed by atoms with Gasteiger partial charge in [0.1, 0.15) is 5.76 Å². The van der Waals surface area contributed by atoms with Gasteiger partial charge in [-0.05, 0) is 61.6 Å². The number of rotatable bonds is 6. The third kappa shape index (κ3) is 4.46. The van der Waals surface area contributed by atoms with Crippen LogP contribution in [0.3, 0.4) is 0 Å². The average Bonchev–Trinajstić information content (AvgIpc) is 3.71. The maximum atomic E-state index is 13.9. The van der Waals surface area contributed by atoms with Crippen LogP contribution in [0.5, 0.6) is 0 Å². The van der Waals surface area contributed by atoms with Crippen LogP contribution in [0, 0.1) is 12.8 Å². The van der Waals surface area contributed by atoms with Crippen molar-refractivity contribution in [2.24, 2.45) is 15.4 Å². The number of hydrazone groups is 1. The summed E-state index contributed by atoms with van der Waals surface area (Å²) in [5, 5.41) is 7.18. The number of hydrogen-bond acceptors (Lipinski definition) is 5. The highest BCUT2D eigenvalue weighted by Crippen LogP contribution is 2.54. The molecular weight excluding hydrogens is 530 g/mol. The molecule has 0 N–H and O–H groups in total. The zero-order valence-corrected chi connectivity index (χ0v) is 23.4. The lowest BCUT2D eigenvalue weighted by Crippen LogP contribution is -2.51. The van der Waals surface area contributed by atoms with Crippen LogP contribution in [0.25, 0.3) is 5.76 Å². The van der Waals surface area contributed by atoms with E-state index in [2.05, 4.69) is 16.5 Å². The van der Waals surface area contributed by atoms with Crippen LogP contribution >= 0.6 is 0 Å². The summed E-state index contributed by atoms with van der Waals surface area (Å²) in [7, 11) is -4.11. The van der Waals surface area contributed by atoms with Gasteiger partial charge in [0, 0.05) is 5.56 Å². The summed E-state index contributed by atoms with van der Waals surface area (Å²) >= 11 is 0. The molecule has 1 aliphatic carbocycles. The maximum Gasteiger partial charge on any atom is 0.285 e. The van der Waals surface area contributed by atoms with Gasteiger partial charge in [-0.15, -0.1) is 4.40 Å². The highest BCUT2D eigenvalue weighted by atomic mass is 32.2. The summed E-state index contributed by atoms with van der Waals surface area (Å²) in [6, 6.07) is 36.5. The molecular formula is C34H29N3O3S. The van der Waals surface area contributed by atoms with E-state index in [0.29, 0.717) is 11.7 Å². The lowest BCUT2D eigenvalue weighted by atomic mass is 9.75. The molecule has 0 radical (unpaired) electrons. The van der Waals surface area contributed by atoms with Gasteiger partial charge in [-0.25, -0.2) is 5.01 Å². The molecule has 7 rings (SSSR count). The Bertz CT molecular complexity index is 1780. The number of para-hydroxylation sites is 1. The van der Waals surface area contributed by atoms with Gasteiger partial charge in [0.15, 0.2) is 5.54 Å². The Labute approximate surface area is 240 Å². The molecule has 2 heterocycles. The fourth-order valence-corrected chi connectivity index (χ4v) is 6.74. The van der Waals surface area contributed by atoms with Crippen LogP contribution in [0.2, 0.25) is 0 Å². The Balaban J connectivity index is 1.50. The summed E-state index contributed by atoms with van der Waals surface area (Å²) < 4.78 is 38.7. The molecule has 2 unspecified atom stereocenters. The molecule has 1 spiro atoms. The number of anilines is 1. The number of benzene rings is 4. The van der Waals surface area contributed by atoms with Crippen LogP contribution in [0.15, 0.2) is 136 Å². The third-order valence-electron chi connectivity index (χ3n) is 7.91. The highest BCUT2D eigenvalue weighted by Gasteiger charge is 2.61. The lowest BCUT2D eigenvalue weighted by molar-refractivity contribution is 0.473. The minimum Gasteiger partial charge on any atom is -0.439 e. The van der Waals surface area contributed by atoms with Crippen molar-refractivity contribution in [3.05, 3.63) is 138 Å². The van der Waals surface area contributed by atoms with Gasteiger partial charge < -0.3 is 4.74 Å². The zero-order chi connectivity index (χ0) is 28.0. The van der Waals surface area contributed by atoms with Crippen molar-refractivity contribution in [3.8, 4) is 0 Å². The van der Waals surface area contributed by atoms with Crippen molar-refractivity contribution >= 4 is 33.1 Å². The van der Waals surface area contributed by atoms with Gasteiger partial charge in [0.2, 0.25) is 5.90 Å². The monoisotopic (exact) mass is 559 g/mol. The first-order chi connectivity index (χ1) is 20.0.